The molecular formula is C10H12ClF3N2O. The molecule has 3 nitrogen and oxygen atoms in total. The standard InChI is InChI=1S/C10H12ClF3N2O/c1-6(4-15-2)17-9-8(11)3-7(5-16-9)10(12,13)14/h3,5-6,15H,4H2,1-2H3. The molecule has 1 heterocycles. The number of rotatable bonds is 4. The Balaban J connectivity index is 2.83. The second-order valence-electron chi connectivity index (χ2n) is 3.49. The number of hydrogen-bond donors (Lipinski definition) is 1. The van der Waals surface area contributed by atoms with Gasteiger partial charge in [-0.3, -0.25) is 0 Å². The van der Waals surface area contributed by atoms with E-state index in [1.165, 1.54) is 0 Å². The fourth-order valence-electron chi connectivity index (χ4n) is 1.19. The maximum absolute atomic E-state index is 12.3. The van der Waals surface area contributed by atoms with E-state index in [0.717, 1.165) is 6.07 Å². The van der Waals surface area contributed by atoms with Crippen LogP contribution in [0.1, 0.15) is 12.5 Å². The van der Waals surface area contributed by atoms with E-state index in [9.17, 15) is 13.2 Å². The molecule has 0 aromatic carbocycles. The van der Waals surface area contributed by atoms with Gasteiger partial charge >= 0.3 is 6.18 Å². The summed E-state index contributed by atoms with van der Waals surface area (Å²) in [4.78, 5) is 3.56. The molecule has 0 aliphatic heterocycles. The summed E-state index contributed by atoms with van der Waals surface area (Å²) >= 11 is 5.67. The highest BCUT2D eigenvalue weighted by molar-refractivity contribution is 6.31. The summed E-state index contributed by atoms with van der Waals surface area (Å²) in [6.45, 7) is 2.30. The smallest absolute Gasteiger partial charge is 0.417 e. The molecule has 0 aliphatic carbocycles. The van der Waals surface area contributed by atoms with Gasteiger partial charge in [0.25, 0.3) is 0 Å². The van der Waals surface area contributed by atoms with Crippen LogP contribution in [-0.2, 0) is 6.18 Å². The van der Waals surface area contributed by atoms with Crippen LogP contribution < -0.4 is 10.1 Å². The molecule has 0 spiro atoms. The van der Waals surface area contributed by atoms with Gasteiger partial charge in [-0.15, -0.1) is 0 Å². The summed E-state index contributed by atoms with van der Waals surface area (Å²) in [5.41, 5.74) is -0.892. The number of hydrogen-bond acceptors (Lipinski definition) is 3. The predicted octanol–water partition coefficient (Wildman–Crippen LogP) is 2.74. The molecule has 0 saturated heterocycles. The topological polar surface area (TPSA) is 34.1 Å². The van der Waals surface area contributed by atoms with Crippen molar-refractivity contribution in [2.45, 2.75) is 19.2 Å². The first-order valence-electron chi connectivity index (χ1n) is 4.88. The molecule has 96 valence electrons. The zero-order valence-electron chi connectivity index (χ0n) is 9.31. The van der Waals surface area contributed by atoms with Crippen molar-refractivity contribution >= 4 is 11.6 Å². The number of alkyl halides is 3. The van der Waals surface area contributed by atoms with Crippen LogP contribution in [0.25, 0.3) is 0 Å². The molecule has 0 amide bonds. The van der Waals surface area contributed by atoms with E-state index in [4.69, 9.17) is 16.3 Å². The fourth-order valence-corrected chi connectivity index (χ4v) is 1.40. The van der Waals surface area contributed by atoms with Crippen LogP contribution in [-0.4, -0.2) is 24.7 Å². The third-order valence-corrected chi connectivity index (χ3v) is 2.21. The molecule has 1 N–H and O–H groups in total. The van der Waals surface area contributed by atoms with Crippen LogP contribution in [0.5, 0.6) is 5.88 Å². The third kappa shape index (κ3) is 4.05. The van der Waals surface area contributed by atoms with E-state index in [1.807, 2.05) is 0 Å². The molecule has 0 fully saturated rings. The number of likely N-dealkylation sites (N-methyl/N-ethyl adjacent to an activating group) is 1. The first kappa shape index (κ1) is 14.1. The monoisotopic (exact) mass is 268 g/mol. The van der Waals surface area contributed by atoms with Crippen molar-refractivity contribution in [1.29, 1.82) is 0 Å². The molecule has 1 unspecified atom stereocenters. The minimum Gasteiger partial charge on any atom is -0.472 e. The van der Waals surface area contributed by atoms with Gasteiger partial charge in [0, 0.05) is 12.7 Å². The Bertz CT molecular complexity index is 384. The minimum atomic E-state index is -4.45. The summed E-state index contributed by atoms with van der Waals surface area (Å²) < 4.78 is 42.3. The van der Waals surface area contributed by atoms with Crippen LogP contribution in [0.2, 0.25) is 5.02 Å². The van der Waals surface area contributed by atoms with E-state index in [-0.39, 0.29) is 17.0 Å². The first-order valence-corrected chi connectivity index (χ1v) is 5.26. The lowest BCUT2D eigenvalue weighted by molar-refractivity contribution is -0.137. The van der Waals surface area contributed by atoms with Crippen molar-refractivity contribution in [3.8, 4) is 5.88 Å². The van der Waals surface area contributed by atoms with Gasteiger partial charge in [-0.2, -0.15) is 13.2 Å². The number of nitrogens with one attached hydrogen (secondary N) is 1. The van der Waals surface area contributed by atoms with Crippen molar-refractivity contribution in [2.75, 3.05) is 13.6 Å². The third-order valence-electron chi connectivity index (χ3n) is 1.94. The fraction of sp³-hybridized carbons (Fsp3) is 0.500. The van der Waals surface area contributed by atoms with Gasteiger partial charge in [0.15, 0.2) is 0 Å². The van der Waals surface area contributed by atoms with Crippen molar-refractivity contribution in [2.24, 2.45) is 0 Å². The largest absolute Gasteiger partial charge is 0.472 e. The highest BCUT2D eigenvalue weighted by Gasteiger charge is 2.31. The summed E-state index contributed by atoms with van der Waals surface area (Å²) in [6, 6.07) is 0.802. The Morgan fingerprint density at radius 2 is 2.18 bits per heavy atom. The average molecular weight is 269 g/mol. The van der Waals surface area contributed by atoms with Crippen LogP contribution >= 0.6 is 11.6 Å². The maximum atomic E-state index is 12.3. The summed E-state index contributed by atoms with van der Waals surface area (Å²) in [7, 11) is 1.74. The number of aromatic nitrogens is 1. The molecule has 1 aromatic rings. The van der Waals surface area contributed by atoms with Gasteiger partial charge in [-0.25, -0.2) is 4.98 Å². The first-order chi connectivity index (χ1) is 7.84. The van der Waals surface area contributed by atoms with Gasteiger partial charge in [0.2, 0.25) is 5.88 Å². The normalized spacial score (nSPS) is 13.5. The molecule has 0 aliphatic rings. The minimum absolute atomic E-state index is 0.00224. The number of pyridine rings is 1. The number of halogens is 4. The van der Waals surface area contributed by atoms with Crippen molar-refractivity contribution in [3.05, 3.63) is 22.8 Å². The summed E-state index contributed by atoms with van der Waals surface area (Å²) in [6.07, 6.45) is -3.99. The Morgan fingerprint density at radius 3 is 2.65 bits per heavy atom. The molecule has 0 bridgehead atoms. The molecule has 17 heavy (non-hydrogen) atoms. The Kier molecular flexibility index (Phi) is 4.59. The Morgan fingerprint density at radius 1 is 1.53 bits per heavy atom. The van der Waals surface area contributed by atoms with Crippen LogP contribution in [0.15, 0.2) is 12.3 Å². The number of ether oxygens (including phenoxy) is 1. The Labute approximate surface area is 102 Å². The molecule has 7 heteroatoms. The summed E-state index contributed by atoms with van der Waals surface area (Å²) in [5, 5.41) is 2.72. The second kappa shape index (κ2) is 5.55. The van der Waals surface area contributed by atoms with Crippen LogP contribution in [0.4, 0.5) is 13.2 Å². The quantitative estimate of drug-likeness (QED) is 0.912. The van der Waals surface area contributed by atoms with E-state index >= 15 is 0 Å². The average Bonchev–Trinajstić information content (AvgIpc) is 2.20. The van der Waals surface area contributed by atoms with Crippen molar-refractivity contribution in [1.82, 2.24) is 10.3 Å². The lowest BCUT2D eigenvalue weighted by Crippen LogP contribution is -2.26. The van der Waals surface area contributed by atoms with Crippen molar-refractivity contribution < 1.29 is 17.9 Å². The van der Waals surface area contributed by atoms with E-state index in [0.29, 0.717) is 12.7 Å². The van der Waals surface area contributed by atoms with E-state index in [2.05, 4.69) is 10.3 Å². The molecule has 1 aromatic heterocycles. The van der Waals surface area contributed by atoms with E-state index in [1.54, 1.807) is 14.0 Å². The molecule has 1 rings (SSSR count). The molecule has 0 radical (unpaired) electrons. The molecule has 1 atom stereocenters. The predicted molar refractivity (Wildman–Crippen MR) is 58.3 cm³/mol. The zero-order chi connectivity index (χ0) is 13.1. The second-order valence-corrected chi connectivity index (χ2v) is 3.90. The number of nitrogens with zero attached hydrogens (tertiary/aromatic N) is 1. The van der Waals surface area contributed by atoms with Crippen LogP contribution in [0.3, 0.4) is 0 Å². The van der Waals surface area contributed by atoms with Gasteiger partial charge < -0.3 is 10.1 Å². The van der Waals surface area contributed by atoms with Crippen molar-refractivity contribution in [3.63, 3.8) is 0 Å². The highest BCUT2D eigenvalue weighted by atomic mass is 35.5. The SMILES string of the molecule is CNCC(C)Oc1ncc(C(F)(F)F)cc1Cl. The van der Waals surface area contributed by atoms with Gasteiger partial charge in [-0.05, 0) is 20.0 Å². The maximum Gasteiger partial charge on any atom is 0.417 e. The van der Waals surface area contributed by atoms with E-state index < -0.39 is 11.7 Å². The van der Waals surface area contributed by atoms with Gasteiger partial charge in [0.1, 0.15) is 11.1 Å². The molecular weight excluding hydrogens is 257 g/mol. The molecule has 0 saturated carbocycles. The lowest BCUT2D eigenvalue weighted by atomic mass is 10.3. The van der Waals surface area contributed by atoms with Crippen LogP contribution in [0, 0.1) is 0 Å². The summed E-state index contributed by atoms with van der Waals surface area (Å²) in [5.74, 6) is 0.00224. The van der Waals surface area contributed by atoms with Gasteiger partial charge in [-0.1, -0.05) is 11.6 Å². The zero-order valence-corrected chi connectivity index (χ0v) is 10.1. The highest BCUT2D eigenvalue weighted by Crippen LogP contribution is 2.33. The lowest BCUT2D eigenvalue weighted by Gasteiger charge is -2.15. The van der Waals surface area contributed by atoms with Gasteiger partial charge in [0.05, 0.1) is 5.56 Å². The Hall–Kier alpha value is -1.01.